The van der Waals surface area contributed by atoms with E-state index in [1.807, 2.05) is 0 Å². The second-order valence-electron chi connectivity index (χ2n) is 2.69. The molecule has 0 aromatic carbocycles. The minimum Gasteiger partial charge on any atom is -0.449 e. The van der Waals surface area contributed by atoms with Gasteiger partial charge in [-0.25, -0.2) is 4.79 Å². The summed E-state index contributed by atoms with van der Waals surface area (Å²) >= 11 is 10.9. The highest BCUT2D eigenvalue weighted by Crippen LogP contribution is 2.25. The summed E-state index contributed by atoms with van der Waals surface area (Å²) in [6.45, 7) is 0. The van der Waals surface area contributed by atoms with Crippen molar-refractivity contribution in [1.82, 2.24) is 0 Å². The summed E-state index contributed by atoms with van der Waals surface area (Å²) < 4.78 is 4.80. The van der Waals surface area contributed by atoms with Gasteiger partial charge in [0.1, 0.15) is 6.10 Å². The van der Waals surface area contributed by atoms with Gasteiger partial charge in [0.2, 0.25) is 0 Å². The molecular formula is C7H10Cl2O2. The molecule has 0 radical (unpaired) electrons. The first kappa shape index (κ1) is 9.14. The highest BCUT2D eigenvalue weighted by atomic mass is 35.5. The summed E-state index contributed by atoms with van der Waals surface area (Å²) in [6.07, 6.45) is 3.77. The summed E-state index contributed by atoms with van der Waals surface area (Å²) in [6, 6.07) is 0. The normalized spacial score (nSPS) is 31.5. The number of hydrogen-bond donors (Lipinski definition) is 0. The van der Waals surface area contributed by atoms with Crippen LogP contribution in [0.15, 0.2) is 0 Å². The van der Waals surface area contributed by atoms with Gasteiger partial charge in [0.15, 0.2) is 0 Å². The first-order valence-corrected chi connectivity index (χ1v) is 4.52. The van der Waals surface area contributed by atoms with Crippen LogP contribution in [-0.4, -0.2) is 16.9 Å². The first-order chi connectivity index (χ1) is 5.20. The quantitative estimate of drug-likeness (QED) is 0.477. The van der Waals surface area contributed by atoms with Crippen LogP contribution >= 0.6 is 23.2 Å². The number of rotatable bonds is 1. The van der Waals surface area contributed by atoms with Gasteiger partial charge in [-0.1, -0.05) is 6.42 Å². The molecule has 0 aliphatic heterocycles. The Morgan fingerprint density at radius 1 is 1.36 bits per heavy atom. The molecule has 0 spiro atoms. The molecule has 1 saturated carbocycles. The van der Waals surface area contributed by atoms with Crippen LogP contribution in [0.25, 0.3) is 0 Å². The number of alkyl halides is 1. The van der Waals surface area contributed by atoms with Crippen molar-refractivity contribution in [3.63, 3.8) is 0 Å². The molecule has 1 aliphatic carbocycles. The second kappa shape index (κ2) is 4.17. The van der Waals surface area contributed by atoms with Gasteiger partial charge in [0.25, 0.3) is 0 Å². The van der Waals surface area contributed by atoms with E-state index in [-0.39, 0.29) is 11.5 Å². The summed E-state index contributed by atoms with van der Waals surface area (Å²) in [5, 5.41) is -0.0496. The monoisotopic (exact) mass is 196 g/mol. The lowest BCUT2D eigenvalue weighted by Crippen LogP contribution is -2.28. The lowest BCUT2D eigenvalue weighted by Gasteiger charge is -2.25. The van der Waals surface area contributed by atoms with Crippen molar-refractivity contribution in [1.29, 1.82) is 0 Å². The van der Waals surface area contributed by atoms with Crippen molar-refractivity contribution >= 4 is 28.6 Å². The highest BCUT2D eigenvalue weighted by Gasteiger charge is 2.25. The van der Waals surface area contributed by atoms with E-state index >= 15 is 0 Å². The maximum atomic E-state index is 10.3. The van der Waals surface area contributed by atoms with E-state index in [1.165, 1.54) is 0 Å². The van der Waals surface area contributed by atoms with E-state index in [4.69, 9.17) is 27.9 Å². The first-order valence-electron chi connectivity index (χ1n) is 3.70. The van der Waals surface area contributed by atoms with Gasteiger partial charge in [0, 0.05) is 11.6 Å². The van der Waals surface area contributed by atoms with Crippen molar-refractivity contribution in [2.75, 3.05) is 0 Å². The molecule has 0 aromatic rings. The molecule has 0 saturated heterocycles. The van der Waals surface area contributed by atoms with Crippen LogP contribution in [0.5, 0.6) is 0 Å². The molecular weight excluding hydrogens is 187 g/mol. The Kier molecular flexibility index (Phi) is 3.46. The van der Waals surface area contributed by atoms with Gasteiger partial charge in [-0.15, -0.1) is 11.6 Å². The minimum absolute atomic E-state index is 0.0496. The highest BCUT2D eigenvalue weighted by molar-refractivity contribution is 6.61. The van der Waals surface area contributed by atoms with E-state index in [2.05, 4.69) is 0 Å². The number of ether oxygens (including phenoxy) is 1. The zero-order valence-corrected chi connectivity index (χ0v) is 7.57. The third kappa shape index (κ3) is 2.88. The summed E-state index contributed by atoms with van der Waals surface area (Å²) in [5.41, 5.74) is -0.748. The zero-order chi connectivity index (χ0) is 8.27. The van der Waals surface area contributed by atoms with Crippen molar-refractivity contribution in [2.24, 2.45) is 0 Å². The van der Waals surface area contributed by atoms with Crippen LogP contribution in [0.2, 0.25) is 0 Å². The minimum atomic E-state index is -0.748. The van der Waals surface area contributed by atoms with E-state index in [1.54, 1.807) is 0 Å². The molecule has 0 unspecified atom stereocenters. The molecule has 11 heavy (non-hydrogen) atoms. The van der Waals surface area contributed by atoms with Crippen LogP contribution in [0.3, 0.4) is 0 Å². The van der Waals surface area contributed by atoms with Crippen molar-refractivity contribution in [2.45, 2.75) is 37.2 Å². The topological polar surface area (TPSA) is 26.3 Å². The zero-order valence-electron chi connectivity index (χ0n) is 6.06. The van der Waals surface area contributed by atoms with E-state index < -0.39 is 5.43 Å². The molecule has 2 atom stereocenters. The molecule has 0 heterocycles. The summed E-state index contributed by atoms with van der Waals surface area (Å²) in [5.74, 6) is 0. The third-order valence-electron chi connectivity index (χ3n) is 1.87. The predicted molar refractivity (Wildman–Crippen MR) is 44.2 cm³/mol. The van der Waals surface area contributed by atoms with Crippen LogP contribution in [-0.2, 0) is 4.74 Å². The Balaban J connectivity index is 2.35. The predicted octanol–water partition coefficient (Wildman–Crippen LogP) is 2.91. The van der Waals surface area contributed by atoms with Gasteiger partial charge in [-0.05, 0) is 19.3 Å². The average molecular weight is 197 g/mol. The van der Waals surface area contributed by atoms with Crippen LogP contribution in [0.1, 0.15) is 25.7 Å². The van der Waals surface area contributed by atoms with Gasteiger partial charge in [-0.3, -0.25) is 0 Å². The van der Waals surface area contributed by atoms with Crippen molar-refractivity contribution < 1.29 is 9.53 Å². The lowest BCUT2D eigenvalue weighted by atomic mass is 9.97. The van der Waals surface area contributed by atoms with E-state index in [0.29, 0.717) is 0 Å². The smallest absolute Gasteiger partial charge is 0.404 e. The molecule has 1 fully saturated rings. The van der Waals surface area contributed by atoms with Gasteiger partial charge in [0.05, 0.1) is 5.38 Å². The van der Waals surface area contributed by atoms with Gasteiger partial charge < -0.3 is 4.74 Å². The molecule has 0 aromatic heterocycles. The molecule has 1 aliphatic rings. The van der Waals surface area contributed by atoms with Gasteiger partial charge in [-0.2, -0.15) is 0 Å². The second-order valence-corrected chi connectivity index (χ2v) is 3.56. The Hall–Kier alpha value is 0.0500. The Morgan fingerprint density at radius 2 is 2.00 bits per heavy atom. The fourth-order valence-electron chi connectivity index (χ4n) is 1.30. The molecule has 0 N–H and O–H groups in total. The molecule has 2 nitrogen and oxygen atoms in total. The van der Waals surface area contributed by atoms with Gasteiger partial charge >= 0.3 is 5.43 Å². The molecule has 1 rings (SSSR count). The largest absolute Gasteiger partial charge is 0.449 e. The molecule has 64 valence electrons. The summed E-state index contributed by atoms with van der Waals surface area (Å²) in [4.78, 5) is 10.3. The Labute approximate surface area is 75.8 Å². The van der Waals surface area contributed by atoms with Crippen molar-refractivity contribution in [3.05, 3.63) is 0 Å². The maximum Gasteiger partial charge on any atom is 0.404 e. The Morgan fingerprint density at radius 3 is 2.55 bits per heavy atom. The maximum absolute atomic E-state index is 10.3. The average Bonchev–Trinajstić information content (AvgIpc) is 1.93. The molecule has 0 bridgehead atoms. The number of carbonyl (C=O) groups excluding carboxylic acids is 1. The Bertz CT molecular complexity index is 149. The standard InChI is InChI=1S/C7H10Cl2O2/c8-5-3-1-2-4-6(5)11-7(9)10/h5-6H,1-4H2/t5-,6-/m0/s1. The summed E-state index contributed by atoms with van der Waals surface area (Å²) in [7, 11) is 0. The molecule has 0 amide bonds. The number of halogens is 2. The van der Waals surface area contributed by atoms with Crippen LogP contribution in [0, 0.1) is 0 Å². The fourth-order valence-corrected chi connectivity index (χ4v) is 1.75. The van der Waals surface area contributed by atoms with Crippen LogP contribution < -0.4 is 0 Å². The lowest BCUT2D eigenvalue weighted by molar-refractivity contribution is 0.0982. The third-order valence-corrected chi connectivity index (χ3v) is 2.45. The fraction of sp³-hybridized carbons (Fsp3) is 0.857. The van der Waals surface area contributed by atoms with E-state index in [0.717, 1.165) is 25.7 Å². The van der Waals surface area contributed by atoms with Crippen molar-refractivity contribution in [3.8, 4) is 0 Å². The molecule has 4 heteroatoms. The van der Waals surface area contributed by atoms with Crippen LogP contribution in [0.4, 0.5) is 4.79 Å². The number of carbonyl (C=O) groups is 1. The van der Waals surface area contributed by atoms with E-state index in [9.17, 15) is 4.79 Å². The number of hydrogen-bond acceptors (Lipinski definition) is 2. The SMILES string of the molecule is O=C(Cl)O[C@H]1CCCC[C@@H]1Cl.